The van der Waals surface area contributed by atoms with Crippen molar-refractivity contribution < 1.29 is 19.4 Å². The quantitative estimate of drug-likeness (QED) is 0.842. The highest BCUT2D eigenvalue weighted by Gasteiger charge is 2.30. The van der Waals surface area contributed by atoms with E-state index in [-0.39, 0.29) is 18.7 Å². The molecule has 1 aliphatic heterocycles. The molecule has 7 heteroatoms. The Balaban J connectivity index is 2.02. The molecule has 1 atom stereocenters. The van der Waals surface area contributed by atoms with Gasteiger partial charge in [0.2, 0.25) is 0 Å². The molecule has 0 radical (unpaired) electrons. The van der Waals surface area contributed by atoms with Crippen molar-refractivity contribution in [1.29, 1.82) is 0 Å². The lowest BCUT2D eigenvalue weighted by Crippen LogP contribution is -2.40. The van der Waals surface area contributed by atoms with Crippen LogP contribution in [0.4, 0.5) is 10.5 Å². The Morgan fingerprint density at radius 3 is 2.83 bits per heavy atom. The highest BCUT2D eigenvalue weighted by Crippen LogP contribution is 2.31. The number of benzene rings is 1. The summed E-state index contributed by atoms with van der Waals surface area (Å²) >= 11 is 0. The summed E-state index contributed by atoms with van der Waals surface area (Å²) in [7, 11) is 3.07. The highest BCUT2D eigenvalue weighted by atomic mass is 16.5. The highest BCUT2D eigenvalue weighted by molar-refractivity contribution is 6.11. The molecular formula is C17H21N3O4. The Kier molecular flexibility index (Phi) is 4.44. The summed E-state index contributed by atoms with van der Waals surface area (Å²) in [6.07, 6.45) is 1.64. The minimum atomic E-state index is -0.510. The van der Waals surface area contributed by atoms with Gasteiger partial charge in [-0.25, -0.2) is 9.59 Å². The smallest absolute Gasteiger partial charge is 0.356 e. The number of aromatic nitrogens is 1. The molecule has 2 aromatic rings. The van der Waals surface area contributed by atoms with E-state index in [1.165, 1.54) is 7.11 Å². The first-order valence-corrected chi connectivity index (χ1v) is 7.92. The van der Waals surface area contributed by atoms with Crippen LogP contribution in [0.5, 0.6) is 0 Å². The van der Waals surface area contributed by atoms with Crippen molar-refractivity contribution in [2.24, 2.45) is 7.05 Å². The van der Waals surface area contributed by atoms with E-state index < -0.39 is 5.97 Å². The Labute approximate surface area is 139 Å². The van der Waals surface area contributed by atoms with Crippen LogP contribution in [0.15, 0.2) is 24.3 Å². The molecule has 2 amide bonds. The van der Waals surface area contributed by atoms with E-state index >= 15 is 0 Å². The van der Waals surface area contributed by atoms with Crippen LogP contribution in [0, 0.1) is 0 Å². The first-order valence-electron chi connectivity index (χ1n) is 7.92. The molecule has 0 saturated carbocycles. The number of amides is 2. The van der Waals surface area contributed by atoms with Crippen molar-refractivity contribution >= 4 is 28.6 Å². The van der Waals surface area contributed by atoms with Gasteiger partial charge in [-0.1, -0.05) is 18.2 Å². The summed E-state index contributed by atoms with van der Waals surface area (Å²) in [5.74, 6) is -0.510. The molecule has 2 N–H and O–H groups in total. The van der Waals surface area contributed by atoms with Gasteiger partial charge in [-0.05, 0) is 18.9 Å². The maximum absolute atomic E-state index is 12.6. The maximum Gasteiger partial charge on any atom is 0.356 e. The molecule has 1 saturated heterocycles. The molecule has 1 aromatic carbocycles. The van der Waals surface area contributed by atoms with Gasteiger partial charge in [0.15, 0.2) is 5.69 Å². The number of methoxy groups -OCH3 is 1. The zero-order chi connectivity index (χ0) is 17.3. The number of para-hydroxylation sites is 1. The Bertz CT molecular complexity index is 783. The lowest BCUT2D eigenvalue weighted by molar-refractivity contribution is 0.0591. The average molecular weight is 331 g/mol. The first-order chi connectivity index (χ1) is 11.6. The largest absolute Gasteiger partial charge is 0.464 e. The van der Waals surface area contributed by atoms with E-state index in [1.807, 2.05) is 24.3 Å². The number of rotatable bonds is 3. The van der Waals surface area contributed by atoms with Gasteiger partial charge in [0.05, 0.1) is 31.0 Å². The number of nitrogens with zero attached hydrogens (tertiary/aromatic N) is 2. The van der Waals surface area contributed by atoms with E-state index in [9.17, 15) is 14.7 Å². The van der Waals surface area contributed by atoms with Crippen LogP contribution in [0.2, 0.25) is 0 Å². The second-order valence-electron chi connectivity index (χ2n) is 5.89. The number of hydrogen-bond donors (Lipinski definition) is 2. The summed E-state index contributed by atoms with van der Waals surface area (Å²) in [5, 5.41) is 13.0. The molecule has 1 fully saturated rings. The van der Waals surface area contributed by atoms with Gasteiger partial charge in [0.25, 0.3) is 0 Å². The fraction of sp³-hybridized carbons (Fsp3) is 0.412. The number of carbonyl (C=O) groups is 2. The molecule has 0 bridgehead atoms. The predicted octanol–water partition coefficient (Wildman–Crippen LogP) is 1.95. The Morgan fingerprint density at radius 2 is 2.12 bits per heavy atom. The van der Waals surface area contributed by atoms with Crippen LogP contribution in [-0.4, -0.2) is 52.9 Å². The third-order valence-corrected chi connectivity index (χ3v) is 4.57. The fourth-order valence-corrected chi connectivity index (χ4v) is 3.33. The van der Waals surface area contributed by atoms with Crippen molar-refractivity contribution in [3.05, 3.63) is 30.0 Å². The molecule has 2 heterocycles. The summed E-state index contributed by atoms with van der Waals surface area (Å²) < 4.78 is 6.58. The molecule has 24 heavy (non-hydrogen) atoms. The number of aryl methyl sites for hydroxylation is 1. The molecule has 7 nitrogen and oxygen atoms in total. The predicted molar refractivity (Wildman–Crippen MR) is 90.1 cm³/mol. The molecular weight excluding hydrogens is 310 g/mol. The lowest BCUT2D eigenvalue weighted by atomic mass is 10.2. The van der Waals surface area contributed by atoms with Crippen LogP contribution >= 0.6 is 0 Å². The summed E-state index contributed by atoms with van der Waals surface area (Å²) in [5.41, 5.74) is 1.56. The molecule has 0 spiro atoms. The minimum Gasteiger partial charge on any atom is -0.464 e. The van der Waals surface area contributed by atoms with Crippen LogP contribution in [0.1, 0.15) is 23.3 Å². The third-order valence-electron chi connectivity index (χ3n) is 4.57. The monoisotopic (exact) mass is 331 g/mol. The maximum atomic E-state index is 12.6. The molecule has 1 unspecified atom stereocenters. The number of urea groups is 1. The normalized spacial score (nSPS) is 17.3. The number of carbonyl (C=O) groups excluding carboxylic acids is 2. The Morgan fingerprint density at radius 1 is 1.38 bits per heavy atom. The number of fused-ring (bicyclic) bond motifs is 1. The number of hydrogen-bond acceptors (Lipinski definition) is 4. The zero-order valence-electron chi connectivity index (χ0n) is 13.8. The van der Waals surface area contributed by atoms with Crippen molar-refractivity contribution in [3.63, 3.8) is 0 Å². The van der Waals surface area contributed by atoms with Crippen LogP contribution in [0.25, 0.3) is 10.9 Å². The van der Waals surface area contributed by atoms with Crippen LogP contribution < -0.4 is 5.32 Å². The van der Waals surface area contributed by atoms with Crippen molar-refractivity contribution in [2.45, 2.75) is 18.9 Å². The summed E-state index contributed by atoms with van der Waals surface area (Å²) in [4.78, 5) is 26.5. The number of likely N-dealkylation sites (tertiary alicyclic amines) is 1. The van der Waals surface area contributed by atoms with E-state index in [2.05, 4.69) is 5.32 Å². The average Bonchev–Trinajstić information content (AvgIpc) is 3.18. The number of ether oxygens (including phenoxy) is 1. The van der Waals surface area contributed by atoms with E-state index in [0.717, 1.165) is 23.7 Å². The van der Waals surface area contributed by atoms with Gasteiger partial charge in [-0.15, -0.1) is 0 Å². The number of esters is 1. The van der Waals surface area contributed by atoms with Gasteiger partial charge >= 0.3 is 12.0 Å². The minimum absolute atomic E-state index is 0.0627. The first kappa shape index (κ1) is 16.3. The van der Waals surface area contributed by atoms with Gasteiger partial charge in [0.1, 0.15) is 0 Å². The van der Waals surface area contributed by atoms with E-state index in [0.29, 0.717) is 17.9 Å². The third kappa shape index (κ3) is 2.60. The summed E-state index contributed by atoms with van der Waals surface area (Å²) in [6.45, 7) is 0.530. The number of aliphatic hydroxyl groups is 1. The van der Waals surface area contributed by atoms with Gasteiger partial charge in [-0.2, -0.15) is 0 Å². The van der Waals surface area contributed by atoms with Crippen LogP contribution in [0.3, 0.4) is 0 Å². The lowest BCUT2D eigenvalue weighted by Gasteiger charge is -2.23. The van der Waals surface area contributed by atoms with Crippen LogP contribution in [-0.2, 0) is 11.8 Å². The van der Waals surface area contributed by atoms with Crippen molar-refractivity contribution in [2.75, 3.05) is 25.6 Å². The van der Waals surface area contributed by atoms with Crippen molar-refractivity contribution in [3.8, 4) is 0 Å². The van der Waals surface area contributed by atoms with E-state index in [4.69, 9.17) is 4.74 Å². The van der Waals surface area contributed by atoms with Gasteiger partial charge < -0.3 is 24.6 Å². The second kappa shape index (κ2) is 6.52. The molecule has 128 valence electrons. The van der Waals surface area contributed by atoms with Gasteiger partial charge in [-0.3, -0.25) is 0 Å². The number of nitrogens with one attached hydrogen (secondary N) is 1. The fourth-order valence-electron chi connectivity index (χ4n) is 3.33. The topological polar surface area (TPSA) is 83.8 Å². The molecule has 0 aliphatic carbocycles. The SMILES string of the molecule is COC(=O)c1c(NC(=O)N2CCCC2CO)c2ccccc2n1C. The summed E-state index contributed by atoms with van der Waals surface area (Å²) in [6, 6.07) is 6.96. The molecule has 3 rings (SSSR count). The van der Waals surface area contributed by atoms with Crippen molar-refractivity contribution in [1.82, 2.24) is 9.47 Å². The van der Waals surface area contributed by atoms with Gasteiger partial charge in [0, 0.05) is 19.0 Å². The zero-order valence-corrected chi connectivity index (χ0v) is 13.8. The number of aliphatic hydroxyl groups excluding tert-OH is 1. The molecule has 1 aromatic heterocycles. The standard InChI is InChI=1S/C17H21N3O4/c1-19-13-8-4-3-7-12(13)14(15(19)16(22)24-2)18-17(23)20-9-5-6-11(20)10-21/h3-4,7-8,11,21H,5-6,9-10H2,1-2H3,(H,18,23). The number of anilines is 1. The molecule has 1 aliphatic rings. The Hall–Kier alpha value is -2.54. The van der Waals surface area contributed by atoms with E-state index in [1.54, 1.807) is 16.5 Å². The second-order valence-corrected chi connectivity index (χ2v) is 5.89.